The minimum Gasteiger partial charge on any atom is -0.508 e. The van der Waals surface area contributed by atoms with Gasteiger partial charge in [-0.25, -0.2) is 0 Å². The van der Waals surface area contributed by atoms with Gasteiger partial charge in [-0.05, 0) is 24.1 Å². The number of aromatic hydroxyl groups is 1. The first-order chi connectivity index (χ1) is 12.1. The molecule has 1 aliphatic rings. The quantitative estimate of drug-likeness (QED) is 0.899. The first-order valence-corrected chi connectivity index (χ1v) is 7.87. The summed E-state index contributed by atoms with van der Waals surface area (Å²) >= 11 is 0. The Bertz CT molecular complexity index is 781. The van der Waals surface area contributed by atoms with Crippen LogP contribution in [0.3, 0.4) is 0 Å². The summed E-state index contributed by atoms with van der Waals surface area (Å²) < 4.78 is 21.9. The molecule has 0 amide bonds. The summed E-state index contributed by atoms with van der Waals surface area (Å²) in [5, 5.41) is 9.39. The minimum absolute atomic E-state index is 0.0628. The second-order valence-corrected chi connectivity index (χ2v) is 5.76. The summed E-state index contributed by atoms with van der Waals surface area (Å²) in [7, 11) is 4.49. The first-order valence-electron chi connectivity index (χ1n) is 7.87. The Morgan fingerprint density at radius 1 is 1.08 bits per heavy atom. The fourth-order valence-electron chi connectivity index (χ4n) is 3.02. The van der Waals surface area contributed by atoms with Crippen LogP contribution in [0.25, 0.3) is 0 Å². The van der Waals surface area contributed by atoms with Crippen LogP contribution in [-0.4, -0.2) is 38.8 Å². The number of hydrogen-bond acceptors (Lipinski definition) is 6. The Morgan fingerprint density at radius 2 is 1.76 bits per heavy atom. The Balaban J connectivity index is 1.97. The van der Waals surface area contributed by atoms with Gasteiger partial charge in [-0.2, -0.15) is 0 Å². The van der Waals surface area contributed by atoms with E-state index in [1.807, 2.05) is 0 Å². The van der Waals surface area contributed by atoms with E-state index < -0.39 is 0 Å². The standard InChI is InChI=1S/C19H20O6/c1-22-15-9-14-16(19(24-3)18(15)23-2)17(21)12(10-25-14)8-11-4-6-13(20)7-5-11/h4-7,9,12,20H,8,10H2,1-3H3/t12-/m0/s1. The van der Waals surface area contributed by atoms with Gasteiger partial charge in [0.05, 0.1) is 33.9 Å². The Hall–Kier alpha value is -2.89. The van der Waals surface area contributed by atoms with Crippen LogP contribution >= 0.6 is 0 Å². The highest BCUT2D eigenvalue weighted by molar-refractivity contribution is 6.05. The van der Waals surface area contributed by atoms with E-state index >= 15 is 0 Å². The van der Waals surface area contributed by atoms with E-state index in [-0.39, 0.29) is 24.1 Å². The SMILES string of the molecule is COc1cc2c(c(OC)c1OC)C(=O)[C@@H](Cc1ccc(O)cc1)CO2. The number of hydrogen-bond donors (Lipinski definition) is 1. The fraction of sp³-hybridized carbons (Fsp3) is 0.316. The number of methoxy groups -OCH3 is 3. The second kappa shape index (κ2) is 6.93. The Morgan fingerprint density at radius 3 is 2.36 bits per heavy atom. The molecule has 132 valence electrons. The minimum atomic E-state index is -0.343. The summed E-state index contributed by atoms with van der Waals surface area (Å²) in [5.41, 5.74) is 1.32. The molecule has 0 aliphatic carbocycles. The number of ether oxygens (including phenoxy) is 4. The number of rotatable bonds is 5. The maximum atomic E-state index is 13.0. The van der Waals surface area contributed by atoms with Crippen LogP contribution in [-0.2, 0) is 6.42 Å². The van der Waals surface area contributed by atoms with Crippen molar-refractivity contribution < 1.29 is 28.8 Å². The molecule has 2 aromatic carbocycles. The van der Waals surface area contributed by atoms with Crippen LogP contribution in [0, 0.1) is 5.92 Å². The molecule has 6 nitrogen and oxygen atoms in total. The summed E-state index contributed by atoms with van der Waals surface area (Å²) in [6.45, 7) is 0.269. The lowest BCUT2D eigenvalue weighted by Gasteiger charge is -2.27. The zero-order valence-electron chi connectivity index (χ0n) is 14.4. The highest BCUT2D eigenvalue weighted by Crippen LogP contribution is 2.47. The number of fused-ring (bicyclic) bond motifs is 1. The lowest BCUT2D eigenvalue weighted by molar-refractivity contribution is 0.0824. The third-order valence-electron chi connectivity index (χ3n) is 4.27. The van der Waals surface area contributed by atoms with Gasteiger partial charge in [-0.15, -0.1) is 0 Å². The van der Waals surface area contributed by atoms with Crippen molar-refractivity contribution in [3.8, 4) is 28.7 Å². The van der Waals surface area contributed by atoms with E-state index in [9.17, 15) is 9.90 Å². The van der Waals surface area contributed by atoms with Gasteiger partial charge >= 0.3 is 0 Å². The van der Waals surface area contributed by atoms with Gasteiger partial charge < -0.3 is 24.1 Å². The largest absolute Gasteiger partial charge is 0.508 e. The summed E-state index contributed by atoms with van der Waals surface area (Å²) in [6.07, 6.45) is 0.510. The summed E-state index contributed by atoms with van der Waals surface area (Å²) in [4.78, 5) is 13.0. The van der Waals surface area contributed by atoms with Gasteiger partial charge in [0.1, 0.15) is 17.1 Å². The average Bonchev–Trinajstić information content (AvgIpc) is 2.64. The van der Waals surface area contributed by atoms with Crippen LogP contribution in [0.1, 0.15) is 15.9 Å². The third-order valence-corrected chi connectivity index (χ3v) is 4.27. The van der Waals surface area contributed by atoms with E-state index in [1.54, 1.807) is 30.3 Å². The number of phenols is 1. The van der Waals surface area contributed by atoms with Crippen molar-refractivity contribution in [2.24, 2.45) is 5.92 Å². The maximum absolute atomic E-state index is 13.0. The monoisotopic (exact) mass is 344 g/mol. The number of Topliss-reactive ketones (excluding diaryl/α,β-unsaturated/α-hetero) is 1. The molecule has 0 spiro atoms. The lowest BCUT2D eigenvalue weighted by Crippen LogP contribution is -2.30. The van der Waals surface area contributed by atoms with Crippen molar-refractivity contribution in [3.05, 3.63) is 41.5 Å². The highest BCUT2D eigenvalue weighted by atomic mass is 16.5. The molecule has 0 radical (unpaired) electrons. The molecule has 1 aliphatic heterocycles. The van der Waals surface area contributed by atoms with Crippen LogP contribution in [0.4, 0.5) is 0 Å². The van der Waals surface area contributed by atoms with Crippen LogP contribution in [0.15, 0.2) is 30.3 Å². The normalized spacial score (nSPS) is 16.0. The van der Waals surface area contributed by atoms with Crippen molar-refractivity contribution in [3.63, 3.8) is 0 Å². The molecule has 1 atom stereocenters. The van der Waals surface area contributed by atoms with Crippen molar-refractivity contribution >= 4 is 5.78 Å². The molecule has 3 rings (SSSR count). The lowest BCUT2D eigenvalue weighted by atomic mass is 9.89. The summed E-state index contributed by atoms with van der Waals surface area (Å²) in [5.74, 6) is 1.35. The second-order valence-electron chi connectivity index (χ2n) is 5.76. The number of benzene rings is 2. The highest BCUT2D eigenvalue weighted by Gasteiger charge is 2.35. The molecule has 0 fully saturated rings. The number of phenolic OH excluding ortho intramolecular Hbond substituents is 1. The van der Waals surface area contributed by atoms with Crippen molar-refractivity contribution in [1.29, 1.82) is 0 Å². The van der Waals surface area contributed by atoms with Crippen LogP contribution in [0.2, 0.25) is 0 Å². The zero-order valence-corrected chi connectivity index (χ0v) is 14.4. The van der Waals surface area contributed by atoms with E-state index in [0.717, 1.165) is 5.56 Å². The molecule has 0 saturated heterocycles. The average molecular weight is 344 g/mol. The number of ketones is 1. The van der Waals surface area contributed by atoms with E-state index in [4.69, 9.17) is 18.9 Å². The smallest absolute Gasteiger partial charge is 0.204 e. The fourth-order valence-corrected chi connectivity index (χ4v) is 3.02. The van der Waals surface area contributed by atoms with Gasteiger partial charge in [-0.3, -0.25) is 4.79 Å². The van der Waals surface area contributed by atoms with Crippen molar-refractivity contribution in [2.45, 2.75) is 6.42 Å². The molecule has 0 unspecified atom stereocenters. The van der Waals surface area contributed by atoms with Crippen LogP contribution in [0.5, 0.6) is 28.7 Å². The molecule has 2 aromatic rings. The third kappa shape index (κ3) is 3.07. The molecule has 0 aromatic heterocycles. The summed E-state index contributed by atoms with van der Waals surface area (Å²) in [6, 6.07) is 8.44. The number of carbonyl (C=O) groups excluding carboxylic acids is 1. The van der Waals surface area contributed by atoms with Gasteiger partial charge in [0.25, 0.3) is 0 Å². The molecule has 0 saturated carbocycles. The topological polar surface area (TPSA) is 74.2 Å². The maximum Gasteiger partial charge on any atom is 0.204 e. The van der Waals surface area contributed by atoms with Gasteiger partial charge in [-0.1, -0.05) is 12.1 Å². The molecule has 1 heterocycles. The predicted molar refractivity (Wildman–Crippen MR) is 91.2 cm³/mol. The zero-order chi connectivity index (χ0) is 18.0. The molecular weight excluding hydrogens is 324 g/mol. The Kier molecular flexibility index (Phi) is 4.70. The Labute approximate surface area is 145 Å². The molecule has 25 heavy (non-hydrogen) atoms. The molecule has 1 N–H and O–H groups in total. The molecule has 0 bridgehead atoms. The van der Waals surface area contributed by atoms with E-state index in [0.29, 0.717) is 35.0 Å². The van der Waals surface area contributed by atoms with Crippen molar-refractivity contribution in [1.82, 2.24) is 0 Å². The first kappa shape index (κ1) is 17.0. The van der Waals surface area contributed by atoms with E-state index in [2.05, 4.69) is 0 Å². The molecular formula is C19H20O6. The van der Waals surface area contributed by atoms with E-state index in [1.165, 1.54) is 21.3 Å². The predicted octanol–water partition coefficient (Wildman–Crippen LogP) is 2.85. The van der Waals surface area contributed by atoms with Gasteiger partial charge in [0.15, 0.2) is 17.3 Å². The number of carbonyl (C=O) groups is 1. The van der Waals surface area contributed by atoms with Gasteiger partial charge in [0.2, 0.25) is 5.75 Å². The molecule has 6 heteroatoms. The van der Waals surface area contributed by atoms with Gasteiger partial charge in [0, 0.05) is 6.07 Å². The van der Waals surface area contributed by atoms with Crippen molar-refractivity contribution in [2.75, 3.05) is 27.9 Å². The van der Waals surface area contributed by atoms with Crippen LogP contribution < -0.4 is 18.9 Å².